The molecule has 1 N–H and O–H groups in total. The highest BCUT2D eigenvalue weighted by Crippen LogP contribution is 2.50. The molecular weight excluding hydrogens is 356 g/mol. The second kappa shape index (κ2) is 7.44. The van der Waals surface area contributed by atoms with Crippen molar-refractivity contribution in [3.05, 3.63) is 24.2 Å². The van der Waals surface area contributed by atoms with Crippen LogP contribution in [0.25, 0.3) is 0 Å². The van der Waals surface area contributed by atoms with Crippen LogP contribution in [0.4, 0.5) is 0 Å². The summed E-state index contributed by atoms with van der Waals surface area (Å²) in [5, 5.41) is 3.28. The molecule has 2 amide bonds. The molecule has 0 radical (unpaired) electrons. The number of hydrogen-bond acceptors (Lipinski definition) is 7. The Morgan fingerprint density at radius 1 is 1.38 bits per heavy atom. The largest absolute Gasteiger partial charge is 0.468 e. The number of carbonyl (C=O) groups excluding carboxylic acids is 3. The fraction of sp³-hybridized carbons (Fsp3) is 0.611. The van der Waals surface area contributed by atoms with Crippen molar-refractivity contribution in [3.63, 3.8) is 0 Å². The lowest BCUT2D eigenvalue weighted by Gasteiger charge is -2.32. The van der Waals surface area contributed by atoms with Crippen LogP contribution >= 0.6 is 11.8 Å². The van der Waals surface area contributed by atoms with Crippen LogP contribution in [0.2, 0.25) is 0 Å². The molecule has 2 saturated heterocycles. The average molecular weight is 380 g/mol. The van der Waals surface area contributed by atoms with Crippen molar-refractivity contribution in [2.24, 2.45) is 11.8 Å². The summed E-state index contributed by atoms with van der Waals surface area (Å²) >= 11 is 1.58. The summed E-state index contributed by atoms with van der Waals surface area (Å²) in [5.41, 5.74) is -1.22. The van der Waals surface area contributed by atoms with E-state index in [1.807, 2.05) is 6.26 Å². The van der Waals surface area contributed by atoms with Gasteiger partial charge in [0.05, 0.1) is 30.7 Å². The van der Waals surface area contributed by atoms with E-state index in [0.717, 1.165) is 0 Å². The van der Waals surface area contributed by atoms with Gasteiger partial charge in [0, 0.05) is 6.54 Å². The second-order valence-corrected chi connectivity index (χ2v) is 7.48. The zero-order valence-electron chi connectivity index (χ0n) is 15.2. The number of esters is 1. The van der Waals surface area contributed by atoms with E-state index in [9.17, 15) is 14.4 Å². The van der Waals surface area contributed by atoms with Crippen LogP contribution in [0, 0.1) is 11.8 Å². The zero-order chi connectivity index (χ0) is 18.9. The number of nitrogens with zero attached hydrogens (tertiary/aromatic N) is 1. The van der Waals surface area contributed by atoms with Crippen molar-refractivity contribution in [2.45, 2.75) is 31.8 Å². The van der Waals surface area contributed by atoms with E-state index in [4.69, 9.17) is 9.15 Å². The van der Waals surface area contributed by atoms with Crippen LogP contribution in [-0.2, 0) is 19.1 Å². The summed E-state index contributed by atoms with van der Waals surface area (Å²) in [7, 11) is 0. The van der Waals surface area contributed by atoms with Gasteiger partial charge in [0.15, 0.2) is 0 Å². The summed E-state index contributed by atoms with van der Waals surface area (Å²) < 4.78 is 10.8. The van der Waals surface area contributed by atoms with Crippen LogP contribution < -0.4 is 5.32 Å². The molecule has 4 atom stereocenters. The van der Waals surface area contributed by atoms with E-state index in [-0.39, 0.29) is 25.0 Å². The van der Waals surface area contributed by atoms with Gasteiger partial charge < -0.3 is 9.15 Å². The number of furan rings is 1. The molecule has 0 bridgehead atoms. The van der Waals surface area contributed by atoms with Gasteiger partial charge in [-0.25, -0.2) is 0 Å². The Labute approximate surface area is 156 Å². The van der Waals surface area contributed by atoms with Gasteiger partial charge in [-0.1, -0.05) is 0 Å². The van der Waals surface area contributed by atoms with Crippen molar-refractivity contribution < 1.29 is 23.5 Å². The molecule has 2 aliphatic rings. The summed E-state index contributed by atoms with van der Waals surface area (Å²) in [6.07, 6.45) is 3.87. The molecule has 3 rings (SSSR count). The van der Waals surface area contributed by atoms with Crippen LogP contribution in [0.3, 0.4) is 0 Å². The Morgan fingerprint density at radius 2 is 2.15 bits per heavy atom. The third kappa shape index (κ3) is 2.75. The average Bonchev–Trinajstić information content (AvgIpc) is 3.31. The minimum atomic E-state index is -1.22. The molecule has 0 unspecified atom stereocenters. The lowest BCUT2D eigenvalue weighted by atomic mass is 9.78. The lowest BCUT2D eigenvalue weighted by molar-refractivity contribution is -0.156. The Balaban J connectivity index is 2.10. The fourth-order valence-corrected chi connectivity index (χ4v) is 4.65. The first-order valence-electron chi connectivity index (χ1n) is 8.84. The number of rotatable bonds is 7. The molecule has 1 aromatic heterocycles. The van der Waals surface area contributed by atoms with Crippen LogP contribution in [0.1, 0.15) is 32.1 Å². The first-order valence-corrected chi connectivity index (χ1v) is 10.2. The maximum absolute atomic E-state index is 13.1. The highest BCUT2D eigenvalue weighted by molar-refractivity contribution is 7.98. The second-order valence-electron chi connectivity index (χ2n) is 6.50. The van der Waals surface area contributed by atoms with Gasteiger partial charge in [-0.2, -0.15) is 11.8 Å². The van der Waals surface area contributed by atoms with E-state index >= 15 is 0 Å². The lowest BCUT2D eigenvalue weighted by Crippen LogP contribution is -2.56. The topological polar surface area (TPSA) is 88.8 Å². The van der Waals surface area contributed by atoms with Gasteiger partial charge >= 0.3 is 5.97 Å². The molecule has 26 heavy (non-hydrogen) atoms. The number of fused-ring (bicyclic) bond motifs is 1. The Morgan fingerprint density at radius 3 is 2.73 bits per heavy atom. The monoisotopic (exact) mass is 380 g/mol. The smallest absolute Gasteiger partial charge is 0.327 e. The molecule has 0 aromatic carbocycles. The van der Waals surface area contributed by atoms with Gasteiger partial charge in [0.2, 0.25) is 11.8 Å². The molecular formula is C18H24N2O5S. The maximum atomic E-state index is 13.1. The molecule has 2 fully saturated rings. The maximum Gasteiger partial charge on any atom is 0.327 e. The number of thioether (sulfide) groups is 1. The quantitative estimate of drug-likeness (QED) is 0.568. The van der Waals surface area contributed by atoms with Crippen LogP contribution in [-0.4, -0.2) is 53.4 Å². The third-order valence-corrected chi connectivity index (χ3v) is 5.86. The third-order valence-electron chi connectivity index (χ3n) is 5.25. The Bertz CT molecular complexity index is 692. The van der Waals surface area contributed by atoms with E-state index in [2.05, 4.69) is 5.32 Å². The molecule has 0 saturated carbocycles. The fourth-order valence-electron chi connectivity index (χ4n) is 4.13. The number of ether oxygens (including phenoxy) is 1. The summed E-state index contributed by atoms with van der Waals surface area (Å²) in [6, 6.07) is 2.96. The number of nitrogens with one attached hydrogen (secondary N) is 1. The van der Waals surface area contributed by atoms with E-state index in [0.29, 0.717) is 17.9 Å². The number of carbonyl (C=O) groups is 3. The summed E-state index contributed by atoms with van der Waals surface area (Å²) in [5.74, 6) is -1.28. The summed E-state index contributed by atoms with van der Waals surface area (Å²) in [6.45, 7) is 4.00. The molecule has 2 aliphatic heterocycles. The zero-order valence-corrected chi connectivity index (χ0v) is 16.0. The standard InChI is InChI=1S/C18H24N2O5S/c1-4-20-15(21)12-13(16(20)22)18(8-10-26-3,17(23)24-5-2)19-14(12)11-7-6-9-25-11/h6-7,9,12-14,19H,4-5,8,10H2,1-3H3/t12-,13-,14-,18+/m0/s1. The minimum Gasteiger partial charge on any atom is -0.468 e. The van der Waals surface area contributed by atoms with Gasteiger partial charge in [-0.05, 0) is 44.4 Å². The molecule has 3 heterocycles. The number of likely N-dealkylation sites (tertiary alicyclic amines) is 1. The first-order chi connectivity index (χ1) is 12.5. The van der Waals surface area contributed by atoms with Crippen LogP contribution in [0.5, 0.6) is 0 Å². The van der Waals surface area contributed by atoms with Crippen molar-refractivity contribution in [2.75, 3.05) is 25.2 Å². The van der Waals surface area contributed by atoms with Crippen molar-refractivity contribution in [1.82, 2.24) is 10.2 Å². The van der Waals surface area contributed by atoms with Gasteiger partial charge in [0.1, 0.15) is 11.3 Å². The highest BCUT2D eigenvalue weighted by Gasteiger charge is 2.68. The van der Waals surface area contributed by atoms with E-state index in [1.54, 1.807) is 37.7 Å². The van der Waals surface area contributed by atoms with E-state index < -0.39 is 29.4 Å². The molecule has 142 valence electrons. The van der Waals surface area contributed by atoms with Crippen molar-refractivity contribution >= 4 is 29.5 Å². The van der Waals surface area contributed by atoms with Gasteiger partial charge in [0.25, 0.3) is 0 Å². The van der Waals surface area contributed by atoms with Gasteiger partial charge in [-0.3, -0.25) is 24.6 Å². The Hall–Kier alpha value is -1.80. The normalized spacial score (nSPS) is 30.7. The molecule has 0 spiro atoms. The Kier molecular flexibility index (Phi) is 5.43. The number of hydrogen-bond donors (Lipinski definition) is 1. The minimum absolute atomic E-state index is 0.212. The summed E-state index contributed by atoms with van der Waals surface area (Å²) in [4.78, 5) is 40.2. The number of imide groups is 1. The van der Waals surface area contributed by atoms with Crippen molar-refractivity contribution in [1.29, 1.82) is 0 Å². The predicted molar refractivity (Wildman–Crippen MR) is 96.3 cm³/mol. The number of amides is 2. The molecule has 1 aromatic rings. The molecule has 8 heteroatoms. The van der Waals surface area contributed by atoms with E-state index in [1.165, 1.54) is 11.2 Å². The van der Waals surface area contributed by atoms with Crippen LogP contribution in [0.15, 0.2) is 22.8 Å². The molecule has 0 aliphatic carbocycles. The predicted octanol–water partition coefficient (Wildman–Crippen LogP) is 1.60. The molecule has 7 nitrogen and oxygen atoms in total. The first kappa shape index (κ1) is 19.0. The van der Waals surface area contributed by atoms with Gasteiger partial charge in [-0.15, -0.1) is 0 Å². The highest BCUT2D eigenvalue weighted by atomic mass is 32.2. The van der Waals surface area contributed by atoms with Crippen molar-refractivity contribution in [3.8, 4) is 0 Å². The SMILES string of the molecule is CCOC(=O)[C@]1(CCSC)N[C@@H](c2ccco2)[C@H]2C(=O)N(CC)C(=O)[C@H]21.